The monoisotopic (exact) mass is 294 g/mol. The Morgan fingerprint density at radius 3 is 2.74 bits per heavy atom. The van der Waals surface area contributed by atoms with Crippen LogP contribution in [0.15, 0.2) is 34.9 Å². The van der Waals surface area contributed by atoms with Gasteiger partial charge in [0.1, 0.15) is 5.69 Å². The van der Waals surface area contributed by atoms with Crippen LogP contribution in [0.25, 0.3) is 11.3 Å². The van der Waals surface area contributed by atoms with Gasteiger partial charge in [-0.2, -0.15) is 12.6 Å². The van der Waals surface area contributed by atoms with Crippen molar-refractivity contribution < 1.29 is 9.32 Å². The van der Waals surface area contributed by atoms with Gasteiger partial charge in [-0.3, -0.25) is 9.69 Å². The van der Waals surface area contributed by atoms with Gasteiger partial charge in [-0.05, 0) is 12.1 Å². The fraction of sp³-hybridized carbons (Fsp3) is 0.231. The number of halogens is 1. The lowest BCUT2D eigenvalue weighted by molar-refractivity contribution is -0.117. The molecule has 1 fully saturated rings. The van der Waals surface area contributed by atoms with Crippen molar-refractivity contribution in [2.45, 2.75) is 11.7 Å². The minimum Gasteiger partial charge on any atom is -0.338 e. The highest BCUT2D eigenvalue weighted by Gasteiger charge is 2.30. The van der Waals surface area contributed by atoms with E-state index in [0.29, 0.717) is 29.6 Å². The third-order valence-electron chi connectivity index (χ3n) is 3.01. The number of nitrogens with zero attached hydrogens (tertiary/aromatic N) is 2. The summed E-state index contributed by atoms with van der Waals surface area (Å²) in [5.74, 6) is 0.477. The number of hydrogen-bond acceptors (Lipinski definition) is 4. The lowest BCUT2D eigenvalue weighted by Gasteiger charge is -2.09. The van der Waals surface area contributed by atoms with Gasteiger partial charge in [0, 0.05) is 34.9 Å². The van der Waals surface area contributed by atoms with Crippen LogP contribution in [0.4, 0.5) is 5.88 Å². The fourth-order valence-corrected chi connectivity index (χ4v) is 2.50. The summed E-state index contributed by atoms with van der Waals surface area (Å²) >= 11 is 10.1. The fourth-order valence-electron chi connectivity index (χ4n) is 2.05. The van der Waals surface area contributed by atoms with Crippen molar-refractivity contribution in [1.82, 2.24) is 5.16 Å². The van der Waals surface area contributed by atoms with Crippen molar-refractivity contribution >= 4 is 36.0 Å². The molecule has 0 spiro atoms. The third kappa shape index (κ3) is 2.48. The van der Waals surface area contributed by atoms with Gasteiger partial charge in [0.15, 0.2) is 0 Å². The zero-order valence-electron chi connectivity index (χ0n) is 9.91. The summed E-state index contributed by atoms with van der Waals surface area (Å²) in [6.07, 6.45) is 0.431. The van der Waals surface area contributed by atoms with Crippen molar-refractivity contribution in [2.24, 2.45) is 0 Å². The second-order valence-electron chi connectivity index (χ2n) is 4.42. The summed E-state index contributed by atoms with van der Waals surface area (Å²) in [5.41, 5.74) is 1.58. The second kappa shape index (κ2) is 4.90. The van der Waals surface area contributed by atoms with E-state index in [9.17, 15) is 4.79 Å². The van der Waals surface area contributed by atoms with Crippen molar-refractivity contribution in [3.8, 4) is 11.3 Å². The van der Waals surface area contributed by atoms with E-state index < -0.39 is 0 Å². The van der Waals surface area contributed by atoms with Gasteiger partial charge in [0.2, 0.25) is 11.8 Å². The lowest BCUT2D eigenvalue weighted by Crippen LogP contribution is -2.23. The van der Waals surface area contributed by atoms with Crippen LogP contribution in [0.5, 0.6) is 0 Å². The molecular formula is C13H11ClN2O2S. The van der Waals surface area contributed by atoms with Crippen molar-refractivity contribution in [3.63, 3.8) is 0 Å². The molecule has 0 radical (unpaired) electrons. The SMILES string of the molecule is O=C1CC(S)CN1c1cc(-c2ccc(Cl)cc2)no1. The first-order chi connectivity index (χ1) is 9.13. The highest BCUT2D eigenvalue weighted by atomic mass is 35.5. The molecule has 1 aromatic carbocycles. The van der Waals surface area contributed by atoms with Crippen LogP contribution in [-0.2, 0) is 4.79 Å². The highest BCUT2D eigenvalue weighted by molar-refractivity contribution is 7.81. The molecule has 2 aromatic rings. The van der Waals surface area contributed by atoms with E-state index in [1.807, 2.05) is 12.1 Å². The Bertz CT molecular complexity index is 611. The van der Waals surface area contributed by atoms with Crippen LogP contribution in [0.3, 0.4) is 0 Å². The number of amides is 1. The van der Waals surface area contributed by atoms with Gasteiger partial charge in [0.05, 0.1) is 0 Å². The molecule has 1 unspecified atom stereocenters. The number of thiol groups is 1. The molecule has 0 aliphatic carbocycles. The molecule has 3 rings (SSSR count). The predicted molar refractivity (Wildman–Crippen MR) is 76.7 cm³/mol. The van der Waals surface area contributed by atoms with E-state index in [1.54, 1.807) is 23.1 Å². The Balaban J connectivity index is 1.87. The lowest BCUT2D eigenvalue weighted by atomic mass is 10.1. The molecule has 1 amide bonds. The van der Waals surface area contributed by atoms with Crippen LogP contribution < -0.4 is 4.90 Å². The van der Waals surface area contributed by atoms with Crippen molar-refractivity contribution in [1.29, 1.82) is 0 Å². The molecule has 98 valence electrons. The summed E-state index contributed by atoms with van der Waals surface area (Å²) in [7, 11) is 0. The standard InChI is InChI=1S/C13H11ClN2O2S/c14-9-3-1-8(2-4-9)11-6-13(18-15-11)16-7-10(19)5-12(16)17/h1-4,6,10,19H,5,7H2. The molecule has 0 bridgehead atoms. The Morgan fingerprint density at radius 2 is 2.11 bits per heavy atom. The first-order valence-corrected chi connectivity index (χ1v) is 6.74. The number of rotatable bonds is 2. The summed E-state index contributed by atoms with van der Waals surface area (Å²) < 4.78 is 5.24. The number of carbonyl (C=O) groups excluding carboxylic acids is 1. The molecule has 1 aromatic heterocycles. The first kappa shape index (κ1) is 12.6. The molecule has 1 atom stereocenters. The Hall–Kier alpha value is -1.46. The van der Waals surface area contributed by atoms with Crippen LogP contribution in [-0.4, -0.2) is 22.9 Å². The van der Waals surface area contributed by atoms with Gasteiger partial charge in [-0.15, -0.1) is 0 Å². The average Bonchev–Trinajstić information content (AvgIpc) is 2.97. The number of benzene rings is 1. The van der Waals surface area contributed by atoms with Crippen LogP contribution in [0.2, 0.25) is 5.02 Å². The van der Waals surface area contributed by atoms with Gasteiger partial charge < -0.3 is 4.52 Å². The van der Waals surface area contributed by atoms with Crippen LogP contribution >= 0.6 is 24.2 Å². The van der Waals surface area contributed by atoms with E-state index in [2.05, 4.69) is 17.8 Å². The molecule has 1 saturated heterocycles. The minimum atomic E-state index is 0.0128. The number of anilines is 1. The zero-order chi connectivity index (χ0) is 13.4. The zero-order valence-corrected chi connectivity index (χ0v) is 11.6. The molecule has 0 saturated carbocycles. The maximum absolute atomic E-state index is 11.7. The number of carbonyl (C=O) groups is 1. The smallest absolute Gasteiger partial charge is 0.234 e. The van der Waals surface area contributed by atoms with Gasteiger partial charge in [-0.25, -0.2) is 0 Å². The van der Waals surface area contributed by atoms with Crippen molar-refractivity contribution in [2.75, 3.05) is 11.4 Å². The normalized spacial score (nSPS) is 19.2. The quantitative estimate of drug-likeness (QED) is 0.866. The first-order valence-electron chi connectivity index (χ1n) is 5.84. The summed E-state index contributed by atoms with van der Waals surface area (Å²) in [6, 6.07) is 9.05. The molecule has 1 aliphatic heterocycles. The van der Waals surface area contributed by atoms with Gasteiger partial charge >= 0.3 is 0 Å². The largest absolute Gasteiger partial charge is 0.338 e. The summed E-state index contributed by atoms with van der Waals surface area (Å²) in [5, 5.41) is 4.70. The van der Waals surface area contributed by atoms with E-state index >= 15 is 0 Å². The topological polar surface area (TPSA) is 46.3 Å². The highest BCUT2D eigenvalue weighted by Crippen LogP contribution is 2.28. The Kier molecular flexibility index (Phi) is 3.24. The Labute approximate surface area is 120 Å². The maximum Gasteiger partial charge on any atom is 0.234 e. The molecule has 6 heteroatoms. The van der Waals surface area contributed by atoms with Gasteiger partial charge in [0.25, 0.3) is 0 Å². The molecular weight excluding hydrogens is 284 g/mol. The average molecular weight is 295 g/mol. The third-order valence-corrected chi connectivity index (χ3v) is 3.61. The van der Waals surface area contributed by atoms with E-state index in [4.69, 9.17) is 16.1 Å². The summed E-state index contributed by atoms with van der Waals surface area (Å²) in [6.45, 7) is 0.553. The van der Waals surface area contributed by atoms with E-state index in [1.165, 1.54) is 0 Å². The number of aromatic nitrogens is 1. The van der Waals surface area contributed by atoms with Crippen LogP contribution in [0.1, 0.15) is 6.42 Å². The molecule has 19 heavy (non-hydrogen) atoms. The molecule has 0 N–H and O–H groups in total. The predicted octanol–water partition coefficient (Wildman–Crippen LogP) is 3.03. The van der Waals surface area contributed by atoms with Gasteiger partial charge in [-0.1, -0.05) is 28.9 Å². The molecule has 2 heterocycles. The van der Waals surface area contributed by atoms with E-state index in [0.717, 1.165) is 5.56 Å². The minimum absolute atomic E-state index is 0.0128. The summed E-state index contributed by atoms with van der Waals surface area (Å²) in [4.78, 5) is 13.3. The number of hydrogen-bond donors (Lipinski definition) is 1. The maximum atomic E-state index is 11.7. The van der Waals surface area contributed by atoms with Crippen LogP contribution in [0, 0.1) is 0 Å². The molecule has 4 nitrogen and oxygen atoms in total. The van der Waals surface area contributed by atoms with Crippen molar-refractivity contribution in [3.05, 3.63) is 35.4 Å². The Morgan fingerprint density at radius 1 is 1.37 bits per heavy atom. The second-order valence-corrected chi connectivity index (χ2v) is 5.59. The van der Waals surface area contributed by atoms with E-state index in [-0.39, 0.29) is 11.2 Å². The molecule has 1 aliphatic rings.